The van der Waals surface area contributed by atoms with Gasteiger partial charge in [0.05, 0.1) is 0 Å². The van der Waals surface area contributed by atoms with E-state index in [1.807, 2.05) is 0 Å². The summed E-state index contributed by atoms with van der Waals surface area (Å²) in [5.74, 6) is -1.67. The number of carboxylic acid groups (broad SMARTS) is 1. The maximum Gasteiger partial charge on any atom is 0.344 e. The van der Waals surface area contributed by atoms with Crippen LogP contribution in [0.2, 0.25) is 0 Å². The van der Waals surface area contributed by atoms with Crippen LogP contribution >= 0.6 is 11.6 Å². The predicted molar refractivity (Wildman–Crippen MR) is 57.3 cm³/mol. The molecule has 0 aromatic heterocycles. The van der Waals surface area contributed by atoms with Crippen LogP contribution in [-0.2, 0) is 4.79 Å². The topological polar surface area (TPSA) is 77.8 Å². The molecule has 16 heavy (non-hydrogen) atoms. The SMILES string of the molecule is N=CC(C(=O)O)=C(Cl)[NH2+]c1ccc(F)cc1. The van der Waals surface area contributed by atoms with Crippen molar-refractivity contribution in [2.75, 3.05) is 0 Å². The van der Waals surface area contributed by atoms with Crippen molar-refractivity contribution in [3.8, 4) is 0 Å². The summed E-state index contributed by atoms with van der Waals surface area (Å²) < 4.78 is 12.6. The van der Waals surface area contributed by atoms with Gasteiger partial charge in [0.15, 0.2) is 5.57 Å². The van der Waals surface area contributed by atoms with Crippen LogP contribution in [0, 0.1) is 11.2 Å². The summed E-state index contributed by atoms with van der Waals surface area (Å²) in [5.41, 5.74) is 0.248. The van der Waals surface area contributed by atoms with Crippen LogP contribution in [-0.4, -0.2) is 17.3 Å². The van der Waals surface area contributed by atoms with E-state index in [-0.39, 0.29) is 16.5 Å². The molecular formula is C10H9ClFN2O2+. The van der Waals surface area contributed by atoms with Gasteiger partial charge in [0.25, 0.3) is 0 Å². The van der Waals surface area contributed by atoms with E-state index >= 15 is 0 Å². The summed E-state index contributed by atoms with van der Waals surface area (Å²) in [6.07, 6.45) is 0.657. The van der Waals surface area contributed by atoms with E-state index in [1.165, 1.54) is 29.6 Å². The molecule has 0 atom stereocenters. The number of hydrogen-bond donors (Lipinski definition) is 3. The molecule has 0 heterocycles. The average Bonchev–Trinajstić information content (AvgIpc) is 2.22. The van der Waals surface area contributed by atoms with Crippen molar-refractivity contribution in [1.29, 1.82) is 5.41 Å². The Balaban J connectivity index is 2.92. The molecule has 1 rings (SSSR count). The Labute approximate surface area is 95.9 Å². The number of benzene rings is 1. The van der Waals surface area contributed by atoms with Crippen molar-refractivity contribution in [3.05, 3.63) is 40.8 Å². The largest absolute Gasteiger partial charge is 0.477 e. The summed E-state index contributed by atoms with van der Waals surface area (Å²) in [4.78, 5) is 10.6. The van der Waals surface area contributed by atoms with Gasteiger partial charge in [-0.2, -0.15) is 0 Å². The number of nitrogens with one attached hydrogen (secondary N) is 1. The van der Waals surface area contributed by atoms with Crippen molar-refractivity contribution >= 4 is 29.5 Å². The molecule has 0 fully saturated rings. The molecule has 4 N–H and O–H groups in total. The first-order chi connectivity index (χ1) is 7.54. The summed E-state index contributed by atoms with van der Waals surface area (Å²) in [7, 11) is 0. The number of hydrogen-bond acceptors (Lipinski definition) is 2. The van der Waals surface area contributed by atoms with Gasteiger partial charge >= 0.3 is 5.97 Å². The molecule has 4 nitrogen and oxygen atoms in total. The summed E-state index contributed by atoms with van der Waals surface area (Å²) >= 11 is 5.71. The Morgan fingerprint density at radius 2 is 2.00 bits per heavy atom. The molecule has 0 unspecified atom stereocenters. The third kappa shape index (κ3) is 3.15. The normalized spacial score (nSPS) is 11.9. The van der Waals surface area contributed by atoms with Gasteiger partial charge < -0.3 is 10.5 Å². The molecule has 1 aromatic carbocycles. The number of rotatable bonds is 4. The van der Waals surface area contributed by atoms with Crippen LogP contribution in [0.1, 0.15) is 0 Å². The Morgan fingerprint density at radius 1 is 1.44 bits per heavy atom. The van der Waals surface area contributed by atoms with E-state index in [1.54, 1.807) is 0 Å². The van der Waals surface area contributed by atoms with Crippen molar-refractivity contribution in [2.45, 2.75) is 0 Å². The minimum Gasteiger partial charge on any atom is -0.477 e. The average molecular weight is 244 g/mol. The zero-order chi connectivity index (χ0) is 12.1. The third-order valence-electron chi connectivity index (χ3n) is 1.80. The van der Waals surface area contributed by atoms with Crippen molar-refractivity contribution in [2.24, 2.45) is 0 Å². The fourth-order valence-corrected chi connectivity index (χ4v) is 1.28. The van der Waals surface area contributed by atoms with Crippen molar-refractivity contribution < 1.29 is 19.6 Å². The van der Waals surface area contributed by atoms with E-state index in [2.05, 4.69) is 0 Å². The monoisotopic (exact) mass is 243 g/mol. The maximum atomic E-state index is 12.6. The fourth-order valence-electron chi connectivity index (χ4n) is 1.02. The Morgan fingerprint density at radius 3 is 2.44 bits per heavy atom. The number of carbonyl (C=O) groups is 1. The Bertz CT molecular complexity index is 443. The highest BCUT2D eigenvalue weighted by Crippen LogP contribution is 2.06. The molecule has 0 saturated heterocycles. The van der Waals surface area contributed by atoms with Crippen molar-refractivity contribution in [1.82, 2.24) is 0 Å². The molecule has 0 aliphatic rings. The third-order valence-corrected chi connectivity index (χ3v) is 2.11. The van der Waals surface area contributed by atoms with Crippen LogP contribution in [0.5, 0.6) is 0 Å². The quantitative estimate of drug-likeness (QED) is 0.322. The predicted octanol–water partition coefficient (Wildman–Crippen LogP) is 1.21. The lowest BCUT2D eigenvalue weighted by molar-refractivity contribution is -0.506. The standard InChI is InChI=1S/C10H8ClFN2O2/c11-9(8(5-13)10(15)16)14-7-3-1-6(12)2-4-7/h1-5,13-14H,(H,15,16)/p+1. The first kappa shape index (κ1) is 12.4. The van der Waals surface area contributed by atoms with Gasteiger partial charge in [-0.3, -0.25) is 5.32 Å². The van der Waals surface area contributed by atoms with Crippen LogP contribution in [0.25, 0.3) is 0 Å². The number of halogens is 2. The zero-order valence-electron chi connectivity index (χ0n) is 8.08. The second-order valence-corrected chi connectivity index (χ2v) is 3.31. The molecule has 0 saturated carbocycles. The summed E-state index contributed by atoms with van der Waals surface area (Å²) in [5, 5.41) is 16.9. The lowest BCUT2D eigenvalue weighted by atomic mass is 10.3. The highest BCUT2D eigenvalue weighted by molar-refractivity contribution is 6.32. The highest BCUT2D eigenvalue weighted by atomic mass is 35.5. The van der Waals surface area contributed by atoms with E-state index in [0.717, 1.165) is 0 Å². The van der Waals surface area contributed by atoms with Gasteiger partial charge in [-0.25, -0.2) is 9.18 Å². The number of aliphatic carboxylic acids is 1. The first-order valence-corrected chi connectivity index (χ1v) is 4.66. The minimum absolute atomic E-state index is 0.0749. The van der Waals surface area contributed by atoms with E-state index in [0.29, 0.717) is 11.9 Å². The second-order valence-electron chi connectivity index (χ2n) is 2.91. The van der Waals surface area contributed by atoms with Gasteiger partial charge in [-0.1, -0.05) is 0 Å². The summed E-state index contributed by atoms with van der Waals surface area (Å²) in [6, 6.07) is 5.39. The first-order valence-electron chi connectivity index (χ1n) is 4.28. The fraction of sp³-hybridized carbons (Fsp3) is 0. The second kappa shape index (κ2) is 5.39. The van der Waals surface area contributed by atoms with Crippen molar-refractivity contribution in [3.63, 3.8) is 0 Å². The van der Waals surface area contributed by atoms with E-state index in [4.69, 9.17) is 22.1 Å². The number of carboxylic acids is 1. The number of quaternary nitrogens is 1. The Kier molecular flexibility index (Phi) is 4.16. The molecule has 0 amide bonds. The van der Waals surface area contributed by atoms with Gasteiger partial charge in [0, 0.05) is 18.3 Å². The maximum absolute atomic E-state index is 12.6. The molecule has 1 aromatic rings. The van der Waals surface area contributed by atoms with Crippen LogP contribution in [0.3, 0.4) is 0 Å². The molecule has 0 aliphatic heterocycles. The molecule has 84 valence electrons. The molecule has 0 bridgehead atoms. The van der Waals surface area contributed by atoms with Gasteiger partial charge in [-0.05, 0) is 23.7 Å². The van der Waals surface area contributed by atoms with Crippen LogP contribution < -0.4 is 5.32 Å². The molecular weight excluding hydrogens is 235 g/mol. The smallest absolute Gasteiger partial charge is 0.344 e. The highest BCUT2D eigenvalue weighted by Gasteiger charge is 2.14. The Hall–Kier alpha value is -1.72. The molecule has 6 heteroatoms. The van der Waals surface area contributed by atoms with Crippen LogP contribution in [0.15, 0.2) is 35.0 Å². The lowest BCUT2D eigenvalue weighted by Gasteiger charge is -2.00. The lowest BCUT2D eigenvalue weighted by Crippen LogP contribution is -2.75. The van der Waals surface area contributed by atoms with E-state index in [9.17, 15) is 9.18 Å². The summed E-state index contributed by atoms with van der Waals surface area (Å²) in [6.45, 7) is 0. The van der Waals surface area contributed by atoms with Gasteiger partial charge in [0.1, 0.15) is 11.5 Å². The van der Waals surface area contributed by atoms with Crippen LogP contribution in [0.4, 0.5) is 10.1 Å². The number of nitrogens with two attached hydrogens (primary N) is 1. The van der Waals surface area contributed by atoms with Gasteiger partial charge in [0.2, 0.25) is 5.16 Å². The molecule has 0 aliphatic carbocycles. The van der Waals surface area contributed by atoms with Gasteiger partial charge in [-0.15, -0.1) is 0 Å². The zero-order valence-corrected chi connectivity index (χ0v) is 8.83. The molecule has 0 radical (unpaired) electrons. The van der Waals surface area contributed by atoms with E-state index < -0.39 is 5.97 Å². The molecule has 0 spiro atoms. The minimum atomic E-state index is -1.28.